The van der Waals surface area contributed by atoms with Crippen LogP contribution in [0.15, 0.2) is 25.6 Å². The Bertz CT molecular complexity index is 661. The van der Waals surface area contributed by atoms with Crippen LogP contribution in [0.5, 0.6) is 11.5 Å². The van der Waals surface area contributed by atoms with Crippen LogP contribution in [-0.2, 0) is 0 Å². The fraction of sp³-hybridized carbons (Fsp3) is 0.182. The highest BCUT2D eigenvalue weighted by Gasteiger charge is 2.18. The summed E-state index contributed by atoms with van der Waals surface area (Å²) in [6.07, 6.45) is 1.95. The number of hydrogen-bond acceptors (Lipinski definition) is 5. The van der Waals surface area contributed by atoms with Crippen LogP contribution in [0.4, 0.5) is 0 Å². The maximum Gasteiger partial charge on any atom is 0.231 e. The first-order chi connectivity index (χ1) is 8.20. The molecule has 6 heteroatoms. The molecule has 0 bridgehead atoms. The van der Waals surface area contributed by atoms with E-state index >= 15 is 0 Å². The Hall–Kier alpha value is -0.720. The van der Waals surface area contributed by atoms with Crippen molar-refractivity contribution in [3.63, 3.8) is 0 Å². The Morgan fingerprint density at radius 1 is 1.35 bits per heavy atom. The zero-order valence-electron chi connectivity index (χ0n) is 8.78. The van der Waals surface area contributed by atoms with E-state index in [4.69, 9.17) is 9.47 Å². The van der Waals surface area contributed by atoms with Crippen molar-refractivity contribution in [3.05, 3.63) is 26.8 Å². The third-order valence-electron chi connectivity index (χ3n) is 2.49. The fourth-order valence-corrected chi connectivity index (χ4v) is 4.30. The Morgan fingerprint density at radius 3 is 2.76 bits per heavy atom. The summed E-state index contributed by atoms with van der Waals surface area (Å²) in [7, 11) is 0. The number of benzene rings is 1. The van der Waals surface area contributed by atoms with Crippen LogP contribution in [0, 0.1) is 0 Å². The molecule has 1 aliphatic heterocycles. The van der Waals surface area contributed by atoms with Crippen LogP contribution >= 0.6 is 39.0 Å². The summed E-state index contributed by atoms with van der Waals surface area (Å²) in [6.45, 7) is 0.223. The van der Waals surface area contributed by atoms with Gasteiger partial charge in [0.15, 0.2) is 11.5 Å². The number of halogens is 1. The monoisotopic (exact) mass is 330 g/mol. The molecule has 1 aromatic carbocycles. The average molecular weight is 331 g/mol. The first kappa shape index (κ1) is 11.4. The largest absolute Gasteiger partial charge is 0.454 e. The van der Waals surface area contributed by atoms with Gasteiger partial charge in [0.1, 0.15) is 0 Å². The normalized spacial score (nSPS) is 13.3. The summed E-state index contributed by atoms with van der Waals surface area (Å²) in [6, 6.07) is 3.63. The summed E-state index contributed by atoms with van der Waals surface area (Å²) in [5.74, 6) is 1.35. The van der Waals surface area contributed by atoms with E-state index in [1.165, 1.54) is 0 Å². The smallest absolute Gasteiger partial charge is 0.231 e. The first-order valence-corrected chi connectivity index (χ1v) is 7.64. The van der Waals surface area contributed by atoms with Gasteiger partial charge in [-0.15, -0.1) is 23.1 Å². The van der Waals surface area contributed by atoms with Gasteiger partial charge in [0.05, 0.1) is 8.68 Å². The second kappa shape index (κ2) is 4.19. The lowest BCUT2D eigenvalue weighted by atomic mass is 10.2. The summed E-state index contributed by atoms with van der Waals surface area (Å²) in [5.41, 5.74) is 0.00130. The molecule has 2 heterocycles. The Morgan fingerprint density at radius 2 is 2.06 bits per heavy atom. The van der Waals surface area contributed by atoms with Gasteiger partial charge in [-0.25, -0.2) is 0 Å². The Kier molecular flexibility index (Phi) is 2.80. The van der Waals surface area contributed by atoms with Gasteiger partial charge in [0.25, 0.3) is 0 Å². The second-order valence-corrected chi connectivity index (χ2v) is 6.36. The molecule has 0 N–H and O–H groups in total. The molecule has 0 amide bonds. The van der Waals surface area contributed by atoms with Gasteiger partial charge in [-0.1, -0.05) is 0 Å². The van der Waals surface area contributed by atoms with E-state index in [9.17, 15) is 4.79 Å². The summed E-state index contributed by atoms with van der Waals surface area (Å²) in [4.78, 5) is 12.2. The minimum Gasteiger partial charge on any atom is -0.454 e. The van der Waals surface area contributed by atoms with Crippen LogP contribution in [0.25, 0.3) is 10.1 Å². The summed E-state index contributed by atoms with van der Waals surface area (Å²) < 4.78 is 13.1. The highest BCUT2D eigenvalue weighted by molar-refractivity contribution is 9.10. The van der Waals surface area contributed by atoms with Crippen molar-refractivity contribution in [2.45, 2.75) is 4.21 Å². The minimum atomic E-state index is 0.00130. The predicted octanol–water partition coefficient (Wildman–Crippen LogP) is 3.47. The van der Waals surface area contributed by atoms with Crippen molar-refractivity contribution in [3.8, 4) is 11.5 Å². The molecule has 1 aliphatic rings. The lowest BCUT2D eigenvalue weighted by molar-refractivity contribution is 0.174. The molecule has 0 aliphatic carbocycles. The number of fused-ring (bicyclic) bond motifs is 2. The molecule has 0 atom stereocenters. The lowest BCUT2D eigenvalue weighted by Gasteiger charge is -2.04. The highest BCUT2D eigenvalue weighted by atomic mass is 79.9. The van der Waals surface area contributed by atoms with Crippen molar-refractivity contribution in [1.29, 1.82) is 0 Å². The van der Waals surface area contributed by atoms with E-state index in [2.05, 4.69) is 15.9 Å². The maximum atomic E-state index is 12.2. The standard InChI is InChI=1S/C11H7BrO3S2/c1-16-11-9(12)10(13)5-2-6-7(15-4-14-6)3-8(5)17-11/h2-3H,4H2,1H3. The molecule has 0 saturated carbocycles. The molecule has 1 aromatic heterocycles. The van der Waals surface area contributed by atoms with Crippen LogP contribution in [0.3, 0.4) is 0 Å². The van der Waals surface area contributed by atoms with Gasteiger partial charge in [-0.3, -0.25) is 4.79 Å². The molecule has 0 unspecified atom stereocenters. The molecular formula is C11H7BrO3S2. The van der Waals surface area contributed by atoms with E-state index in [1.807, 2.05) is 12.3 Å². The molecule has 17 heavy (non-hydrogen) atoms. The van der Waals surface area contributed by atoms with Gasteiger partial charge in [-0.05, 0) is 28.3 Å². The van der Waals surface area contributed by atoms with Crippen LogP contribution in [0.1, 0.15) is 0 Å². The molecule has 3 nitrogen and oxygen atoms in total. The van der Waals surface area contributed by atoms with Gasteiger partial charge < -0.3 is 9.47 Å². The number of thioether (sulfide) groups is 1. The van der Waals surface area contributed by atoms with E-state index in [0.29, 0.717) is 21.4 Å². The van der Waals surface area contributed by atoms with Crippen molar-refractivity contribution >= 4 is 49.1 Å². The van der Waals surface area contributed by atoms with Gasteiger partial charge >= 0.3 is 0 Å². The predicted molar refractivity (Wildman–Crippen MR) is 73.7 cm³/mol. The van der Waals surface area contributed by atoms with Crippen molar-refractivity contribution in [1.82, 2.24) is 0 Å². The SMILES string of the molecule is CSc1sc2cc3c(cc2c(=O)c1Br)OCO3. The lowest BCUT2D eigenvalue weighted by Crippen LogP contribution is -2.02. The van der Waals surface area contributed by atoms with Gasteiger partial charge in [0, 0.05) is 16.2 Å². The highest BCUT2D eigenvalue weighted by Crippen LogP contribution is 2.39. The van der Waals surface area contributed by atoms with Crippen LogP contribution in [-0.4, -0.2) is 13.0 Å². The van der Waals surface area contributed by atoms with E-state index in [-0.39, 0.29) is 12.2 Å². The maximum absolute atomic E-state index is 12.2. The summed E-state index contributed by atoms with van der Waals surface area (Å²) >= 11 is 6.48. The number of ether oxygens (including phenoxy) is 2. The molecule has 3 rings (SSSR count). The van der Waals surface area contributed by atoms with Gasteiger partial charge in [-0.2, -0.15) is 0 Å². The van der Waals surface area contributed by atoms with E-state index < -0.39 is 0 Å². The van der Waals surface area contributed by atoms with Crippen LogP contribution in [0.2, 0.25) is 0 Å². The summed E-state index contributed by atoms with van der Waals surface area (Å²) in [5, 5.41) is 0.670. The fourth-order valence-electron chi connectivity index (χ4n) is 1.67. The van der Waals surface area contributed by atoms with E-state index in [1.54, 1.807) is 29.2 Å². The molecule has 0 saturated heterocycles. The van der Waals surface area contributed by atoms with E-state index in [0.717, 1.165) is 8.91 Å². The average Bonchev–Trinajstić information content (AvgIpc) is 2.78. The quantitative estimate of drug-likeness (QED) is 0.750. The molecule has 88 valence electrons. The zero-order chi connectivity index (χ0) is 12.0. The number of hydrogen-bond donors (Lipinski definition) is 0. The molecular weight excluding hydrogens is 324 g/mol. The minimum absolute atomic E-state index is 0.00130. The molecule has 2 aromatic rings. The second-order valence-electron chi connectivity index (χ2n) is 3.44. The molecule has 0 radical (unpaired) electrons. The third kappa shape index (κ3) is 1.75. The zero-order valence-corrected chi connectivity index (χ0v) is 12.0. The van der Waals surface area contributed by atoms with Crippen molar-refractivity contribution in [2.75, 3.05) is 13.0 Å². The topological polar surface area (TPSA) is 35.5 Å². The van der Waals surface area contributed by atoms with Crippen LogP contribution < -0.4 is 14.9 Å². The van der Waals surface area contributed by atoms with Gasteiger partial charge in [0.2, 0.25) is 12.2 Å². The number of rotatable bonds is 1. The molecule has 0 fully saturated rings. The Balaban J connectivity index is 2.39. The van der Waals surface area contributed by atoms with Crippen molar-refractivity contribution < 1.29 is 9.47 Å². The first-order valence-electron chi connectivity index (χ1n) is 4.80. The molecule has 0 spiro atoms. The van der Waals surface area contributed by atoms with Crippen molar-refractivity contribution in [2.24, 2.45) is 0 Å². The third-order valence-corrected chi connectivity index (χ3v) is 6.04. The Labute approximate surface area is 114 Å².